The van der Waals surface area contributed by atoms with Gasteiger partial charge in [-0.25, -0.2) is 0 Å². The zero-order valence-electron chi connectivity index (χ0n) is 18.1. The molecule has 0 unspecified atom stereocenters. The standard InChI is InChI=1S/C25H33N3O2/c1-18-10-15-23(19(2)16-18)26-17-24(29)27-22-13-11-20(12-14-22)25(30)28-21-8-6-4-3-5-7-9-21/h10-16,21,26H,3-9,17H2,1-2H3,(H,27,29)(H,28,30). The summed E-state index contributed by atoms with van der Waals surface area (Å²) in [6.45, 7) is 4.26. The van der Waals surface area contributed by atoms with E-state index in [4.69, 9.17) is 0 Å². The van der Waals surface area contributed by atoms with E-state index < -0.39 is 0 Å². The molecular weight excluding hydrogens is 374 g/mol. The van der Waals surface area contributed by atoms with E-state index in [-0.39, 0.29) is 24.4 Å². The number of hydrogen-bond donors (Lipinski definition) is 3. The third-order valence-electron chi connectivity index (χ3n) is 5.69. The maximum Gasteiger partial charge on any atom is 0.251 e. The second-order valence-corrected chi connectivity index (χ2v) is 8.31. The number of amides is 2. The number of carbonyl (C=O) groups is 2. The fourth-order valence-electron chi connectivity index (χ4n) is 3.97. The lowest BCUT2D eigenvalue weighted by atomic mass is 9.96. The van der Waals surface area contributed by atoms with Crippen molar-refractivity contribution in [3.63, 3.8) is 0 Å². The topological polar surface area (TPSA) is 70.2 Å². The van der Waals surface area contributed by atoms with Crippen molar-refractivity contribution in [3.8, 4) is 0 Å². The van der Waals surface area contributed by atoms with E-state index in [1.165, 1.54) is 37.7 Å². The lowest BCUT2D eigenvalue weighted by molar-refractivity contribution is -0.114. The highest BCUT2D eigenvalue weighted by molar-refractivity contribution is 5.96. The molecule has 3 N–H and O–H groups in total. The molecule has 2 aromatic rings. The monoisotopic (exact) mass is 407 g/mol. The van der Waals surface area contributed by atoms with Gasteiger partial charge in [-0.1, -0.05) is 49.8 Å². The van der Waals surface area contributed by atoms with Gasteiger partial charge in [-0.15, -0.1) is 0 Å². The molecule has 5 heteroatoms. The van der Waals surface area contributed by atoms with Gasteiger partial charge >= 0.3 is 0 Å². The summed E-state index contributed by atoms with van der Waals surface area (Å²) in [5.41, 5.74) is 4.58. The number of benzene rings is 2. The molecule has 1 aliphatic carbocycles. The van der Waals surface area contributed by atoms with Gasteiger partial charge in [-0.2, -0.15) is 0 Å². The highest BCUT2D eigenvalue weighted by atomic mass is 16.2. The summed E-state index contributed by atoms with van der Waals surface area (Å²) in [7, 11) is 0. The van der Waals surface area contributed by atoms with Crippen LogP contribution < -0.4 is 16.0 Å². The van der Waals surface area contributed by atoms with Gasteiger partial charge in [0.15, 0.2) is 0 Å². The van der Waals surface area contributed by atoms with Gasteiger partial charge in [-0.3, -0.25) is 9.59 Å². The molecule has 0 atom stereocenters. The molecule has 1 fully saturated rings. The van der Waals surface area contributed by atoms with Crippen molar-refractivity contribution in [2.24, 2.45) is 0 Å². The molecule has 0 spiro atoms. The largest absolute Gasteiger partial charge is 0.376 e. The Bertz CT molecular complexity index is 853. The number of carbonyl (C=O) groups excluding carboxylic acids is 2. The van der Waals surface area contributed by atoms with E-state index in [1.54, 1.807) is 24.3 Å². The Hall–Kier alpha value is -2.82. The van der Waals surface area contributed by atoms with Crippen LogP contribution in [0.3, 0.4) is 0 Å². The molecule has 5 nitrogen and oxygen atoms in total. The van der Waals surface area contributed by atoms with Crippen LogP contribution >= 0.6 is 0 Å². The highest BCUT2D eigenvalue weighted by Crippen LogP contribution is 2.18. The molecule has 0 heterocycles. The Balaban J connectivity index is 1.48. The van der Waals surface area contributed by atoms with E-state index in [1.807, 2.05) is 26.0 Å². The molecule has 2 aromatic carbocycles. The predicted octanol–water partition coefficient (Wildman–Crippen LogP) is 5.20. The van der Waals surface area contributed by atoms with Crippen molar-refractivity contribution in [1.82, 2.24) is 5.32 Å². The summed E-state index contributed by atoms with van der Waals surface area (Å²) in [5, 5.41) is 9.22. The van der Waals surface area contributed by atoms with Crippen LogP contribution in [0.15, 0.2) is 42.5 Å². The molecule has 1 aliphatic rings. The Morgan fingerprint density at radius 3 is 2.23 bits per heavy atom. The second kappa shape index (κ2) is 10.8. The maximum absolute atomic E-state index is 12.6. The van der Waals surface area contributed by atoms with E-state index in [0.29, 0.717) is 11.3 Å². The minimum atomic E-state index is -0.123. The molecule has 0 aromatic heterocycles. The minimum absolute atomic E-state index is 0.0324. The van der Waals surface area contributed by atoms with Crippen LogP contribution in [0.1, 0.15) is 66.4 Å². The van der Waals surface area contributed by atoms with Gasteiger partial charge < -0.3 is 16.0 Å². The fourth-order valence-corrected chi connectivity index (χ4v) is 3.97. The van der Waals surface area contributed by atoms with Crippen LogP contribution in [0.4, 0.5) is 11.4 Å². The average Bonchev–Trinajstić information content (AvgIpc) is 2.69. The molecule has 30 heavy (non-hydrogen) atoms. The van der Waals surface area contributed by atoms with E-state index >= 15 is 0 Å². The van der Waals surface area contributed by atoms with E-state index in [2.05, 4.69) is 22.0 Å². The van der Waals surface area contributed by atoms with Gasteiger partial charge in [0.1, 0.15) is 0 Å². The lowest BCUT2D eigenvalue weighted by Crippen LogP contribution is -2.35. The molecule has 0 bridgehead atoms. The van der Waals surface area contributed by atoms with Crippen molar-refractivity contribution >= 4 is 23.2 Å². The van der Waals surface area contributed by atoms with Gasteiger partial charge in [0.05, 0.1) is 6.54 Å². The van der Waals surface area contributed by atoms with Gasteiger partial charge in [0.2, 0.25) is 5.91 Å². The van der Waals surface area contributed by atoms with Crippen LogP contribution in [0.2, 0.25) is 0 Å². The van der Waals surface area contributed by atoms with E-state index in [9.17, 15) is 9.59 Å². The molecule has 3 rings (SSSR count). The SMILES string of the molecule is Cc1ccc(NCC(=O)Nc2ccc(C(=O)NC3CCCCCCC3)cc2)c(C)c1. The maximum atomic E-state index is 12.6. The second-order valence-electron chi connectivity index (χ2n) is 8.31. The Kier molecular flexibility index (Phi) is 7.89. The first-order valence-corrected chi connectivity index (χ1v) is 11.0. The number of nitrogens with one attached hydrogen (secondary N) is 3. The smallest absolute Gasteiger partial charge is 0.251 e. The van der Waals surface area contributed by atoms with Crippen molar-refractivity contribution in [2.75, 3.05) is 17.2 Å². The normalized spacial score (nSPS) is 15.0. The lowest BCUT2D eigenvalue weighted by Gasteiger charge is -2.21. The number of anilines is 2. The van der Waals surface area contributed by atoms with Crippen molar-refractivity contribution < 1.29 is 9.59 Å². The molecule has 0 radical (unpaired) electrons. The number of hydrogen-bond acceptors (Lipinski definition) is 3. The minimum Gasteiger partial charge on any atom is -0.376 e. The summed E-state index contributed by atoms with van der Waals surface area (Å²) < 4.78 is 0. The van der Waals surface area contributed by atoms with Crippen molar-refractivity contribution in [3.05, 3.63) is 59.2 Å². The van der Waals surface area contributed by atoms with Crippen LogP contribution in [-0.2, 0) is 4.79 Å². The molecule has 160 valence electrons. The van der Waals surface area contributed by atoms with Crippen LogP contribution in [0.25, 0.3) is 0 Å². The van der Waals surface area contributed by atoms with Crippen molar-refractivity contribution in [2.45, 2.75) is 64.8 Å². The number of rotatable bonds is 6. The molecule has 1 saturated carbocycles. The Morgan fingerprint density at radius 1 is 0.900 bits per heavy atom. The zero-order chi connectivity index (χ0) is 21.3. The van der Waals surface area contributed by atoms with Crippen LogP contribution in [-0.4, -0.2) is 24.4 Å². The first kappa shape index (κ1) is 21.9. The van der Waals surface area contributed by atoms with Crippen LogP contribution in [0, 0.1) is 13.8 Å². The third kappa shape index (κ3) is 6.61. The quantitative estimate of drug-likeness (QED) is 0.617. The summed E-state index contributed by atoms with van der Waals surface area (Å²) in [5.74, 6) is -0.156. The Morgan fingerprint density at radius 2 is 1.57 bits per heavy atom. The predicted molar refractivity (Wildman–Crippen MR) is 123 cm³/mol. The highest BCUT2D eigenvalue weighted by Gasteiger charge is 2.15. The Labute approximate surface area is 179 Å². The first-order chi connectivity index (χ1) is 14.5. The number of aryl methyl sites for hydroxylation is 2. The third-order valence-corrected chi connectivity index (χ3v) is 5.69. The van der Waals surface area contributed by atoms with Crippen LogP contribution in [0.5, 0.6) is 0 Å². The molecular formula is C25H33N3O2. The van der Waals surface area contributed by atoms with E-state index in [0.717, 1.165) is 24.1 Å². The average molecular weight is 408 g/mol. The fraction of sp³-hybridized carbons (Fsp3) is 0.440. The molecule has 2 amide bonds. The van der Waals surface area contributed by atoms with Crippen molar-refractivity contribution in [1.29, 1.82) is 0 Å². The molecule has 0 aliphatic heterocycles. The summed E-state index contributed by atoms with van der Waals surface area (Å²) >= 11 is 0. The van der Waals surface area contributed by atoms with Gasteiger partial charge in [0, 0.05) is 23.0 Å². The zero-order valence-corrected chi connectivity index (χ0v) is 18.1. The van der Waals surface area contributed by atoms with Gasteiger partial charge in [0.25, 0.3) is 5.91 Å². The first-order valence-electron chi connectivity index (χ1n) is 11.0. The molecule has 0 saturated heterocycles. The summed E-state index contributed by atoms with van der Waals surface area (Å²) in [6, 6.07) is 13.5. The summed E-state index contributed by atoms with van der Waals surface area (Å²) in [4.78, 5) is 24.8. The van der Waals surface area contributed by atoms with Gasteiger partial charge in [-0.05, 0) is 62.6 Å². The summed E-state index contributed by atoms with van der Waals surface area (Å²) in [6.07, 6.45) is 8.34.